The van der Waals surface area contributed by atoms with Crippen LogP contribution in [0.5, 0.6) is 0 Å². The fourth-order valence-corrected chi connectivity index (χ4v) is 2.97. The van der Waals surface area contributed by atoms with E-state index in [0.717, 1.165) is 31.2 Å². The van der Waals surface area contributed by atoms with Gasteiger partial charge in [0.05, 0.1) is 18.7 Å². The number of rotatable bonds is 6. The van der Waals surface area contributed by atoms with Crippen LogP contribution in [0.15, 0.2) is 35.9 Å². The van der Waals surface area contributed by atoms with Gasteiger partial charge in [0.25, 0.3) is 0 Å². The van der Waals surface area contributed by atoms with Crippen LogP contribution in [0.4, 0.5) is 0 Å². The lowest BCUT2D eigenvalue weighted by atomic mass is 9.94. The van der Waals surface area contributed by atoms with Crippen LogP contribution in [0.3, 0.4) is 0 Å². The maximum absolute atomic E-state index is 12.3. The Kier molecular flexibility index (Phi) is 6.68. The Labute approximate surface area is 138 Å². The Morgan fingerprint density at radius 3 is 2.61 bits per heavy atom. The molecule has 1 saturated carbocycles. The predicted molar refractivity (Wildman–Crippen MR) is 90.2 cm³/mol. The lowest BCUT2D eigenvalue weighted by Crippen LogP contribution is -2.35. The van der Waals surface area contributed by atoms with Crippen LogP contribution in [0, 0.1) is 11.5 Å². The van der Waals surface area contributed by atoms with Crippen LogP contribution in [0.2, 0.25) is 0 Å². The molecule has 23 heavy (non-hydrogen) atoms. The summed E-state index contributed by atoms with van der Waals surface area (Å²) < 4.78 is 5.17. The van der Waals surface area contributed by atoms with E-state index < -0.39 is 0 Å². The molecule has 1 aliphatic rings. The second kappa shape index (κ2) is 8.99. The van der Waals surface area contributed by atoms with E-state index in [1.54, 1.807) is 11.8 Å². The molecule has 1 aliphatic carbocycles. The van der Waals surface area contributed by atoms with Crippen molar-refractivity contribution in [2.75, 3.05) is 13.2 Å². The molecule has 0 bridgehead atoms. The van der Waals surface area contributed by atoms with Crippen LogP contribution in [-0.4, -0.2) is 30.1 Å². The molecule has 1 fully saturated rings. The second-order valence-electron chi connectivity index (χ2n) is 5.82. The van der Waals surface area contributed by atoms with Gasteiger partial charge < -0.3 is 9.64 Å². The van der Waals surface area contributed by atoms with Gasteiger partial charge >= 0.3 is 5.97 Å². The number of hydrogen-bond acceptors (Lipinski definition) is 4. The second-order valence-corrected chi connectivity index (χ2v) is 5.82. The zero-order valence-electron chi connectivity index (χ0n) is 13.7. The summed E-state index contributed by atoms with van der Waals surface area (Å²) in [7, 11) is 0. The average molecular weight is 312 g/mol. The number of esters is 1. The Balaban J connectivity index is 2.17. The third-order valence-electron chi connectivity index (χ3n) is 4.16. The molecule has 4 heteroatoms. The SMILES string of the molecule is CCOC(=O)/C(=C\c1ccccc1)CN(C#N)C1CCCCC1. The molecule has 1 aromatic carbocycles. The van der Waals surface area contributed by atoms with Gasteiger partial charge in [-0.05, 0) is 31.4 Å². The van der Waals surface area contributed by atoms with Gasteiger partial charge in [0.1, 0.15) is 0 Å². The van der Waals surface area contributed by atoms with Gasteiger partial charge in [-0.1, -0.05) is 49.6 Å². The van der Waals surface area contributed by atoms with Crippen molar-refractivity contribution in [3.63, 3.8) is 0 Å². The molecule has 0 aliphatic heterocycles. The molecule has 0 aromatic heterocycles. The van der Waals surface area contributed by atoms with E-state index in [0.29, 0.717) is 18.7 Å². The highest BCUT2D eigenvalue weighted by Gasteiger charge is 2.23. The van der Waals surface area contributed by atoms with Crippen molar-refractivity contribution in [1.82, 2.24) is 4.90 Å². The minimum atomic E-state index is -0.340. The maximum atomic E-state index is 12.3. The summed E-state index contributed by atoms with van der Waals surface area (Å²) in [6, 6.07) is 9.91. The first kappa shape index (κ1) is 17.1. The van der Waals surface area contributed by atoms with Crippen molar-refractivity contribution in [2.45, 2.75) is 45.1 Å². The summed E-state index contributed by atoms with van der Waals surface area (Å²) in [5.41, 5.74) is 1.47. The normalized spacial score (nSPS) is 15.7. The van der Waals surface area contributed by atoms with Crippen LogP contribution in [0.25, 0.3) is 6.08 Å². The summed E-state index contributed by atoms with van der Waals surface area (Å²) in [6.07, 6.45) is 9.68. The molecule has 2 rings (SSSR count). The van der Waals surface area contributed by atoms with Gasteiger partial charge in [-0.15, -0.1) is 0 Å². The lowest BCUT2D eigenvalue weighted by Gasteiger charge is -2.30. The zero-order chi connectivity index (χ0) is 16.5. The standard InChI is InChI=1S/C19H24N2O2/c1-2-23-19(22)17(13-16-9-5-3-6-10-16)14-21(15-20)18-11-7-4-8-12-18/h3,5-6,9-10,13,18H,2,4,7-8,11-12,14H2,1H3/b17-13-. The first-order chi connectivity index (χ1) is 11.2. The number of ether oxygens (including phenoxy) is 1. The van der Waals surface area contributed by atoms with Gasteiger partial charge in [-0.3, -0.25) is 0 Å². The fraction of sp³-hybridized carbons (Fsp3) is 0.474. The fourth-order valence-electron chi connectivity index (χ4n) is 2.97. The lowest BCUT2D eigenvalue weighted by molar-refractivity contribution is -0.138. The van der Waals surface area contributed by atoms with E-state index in [9.17, 15) is 10.1 Å². The first-order valence-corrected chi connectivity index (χ1v) is 8.33. The van der Waals surface area contributed by atoms with Crippen molar-refractivity contribution < 1.29 is 9.53 Å². The molecule has 0 unspecified atom stereocenters. The minimum Gasteiger partial charge on any atom is -0.463 e. The molecule has 0 saturated heterocycles. The van der Waals surface area contributed by atoms with Gasteiger partial charge in [0.2, 0.25) is 0 Å². The molecule has 0 amide bonds. The molecule has 1 aromatic rings. The number of carbonyl (C=O) groups is 1. The molecule has 4 nitrogen and oxygen atoms in total. The maximum Gasteiger partial charge on any atom is 0.335 e. The van der Waals surface area contributed by atoms with E-state index in [-0.39, 0.29) is 12.0 Å². The summed E-state index contributed by atoms with van der Waals surface area (Å²) in [5, 5.41) is 9.50. The van der Waals surface area contributed by atoms with Crippen molar-refractivity contribution in [1.29, 1.82) is 5.26 Å². The summed E-state index contributed by atoms with van der Waals surface area (Å²) >= 11 is 0. The highest BCUT2D eigenvalue weighted by atomic mass is 16.5. The topological polar surface area (TPSA) is 53.3 Å². The monoisotopic (exact) mass is 312 g/mol. The highest BCUT2D eigenvalue weighted by molar-refractivity contribution is 5.94. The molecule has 0 spiro atoms. The summed E-state index contributed by atoms with van der Waals surface area (Å²) in [5.74, 6) is -0.340. The summed E-state index contributed by atoms with van der Waals surface area (Å²) in [4.78, 5) is 14.0. The largest absolute Gasteiger partial charge is 0.463 e. The van der Waals surface area contributed by atoms with Crippen LogP contribution < -0.4 is 0 Å². The molecule has 0 atom stereocenters. The van der Waals surface area contributed by atoms with Gasteiger partial charge in [0, 0.05) is 6.04 Å². The quantitative estimate of drug-likeness (QED) is 0.347. The number of hydrogen-bond donors (Lipinski definition) is 0. The number of nitrogens with zero attached hydrogens (tertiary/aromatic N) is 2. The number of nitriles is 1. The van der Waals surface area contributed by atoms with Crippen molar-refractivity contribution in [2.24, 2.45) is 0 Å². The third-order valence-corrected chi connectivity index (χ3v) is 4.16. The minimum absolute atomic E-state index is 0.238. The van der Waals surface area contributed by atoms with E-state index in [1.165, 1.54) is 6.42 Å². The zero-order valence-corrected chi connectivity index (χ0v) is 13.7. The van der Waals surface area contributed by atoms with Crippen LogP contribution in [0.1, 0.15) is 44.6 Å². The molecule has 0 N–H and O–H groups in total. The molecular weight excluding hydrogens is 288 g/mol. The average Bonchev–Trinajstić information content (AvgIpc) is 2.60. The van der Waals surface area contributed by atoms with Crippen molar-refractivity contribution in [3.8, 4) is 6.19 Å². The summed E-state index contributed by atoms with van der Waals surface area (Å²) in [6.45, 7) is 2.44. The van der Waals surface area contributed by atoms with E-state index in [4.69, 9.17) is 4.74 Å². The molecule has 122 valence electrons. The van der Waals surface area contributed by atoms with Gasteiger partial charge in [-0.2, -0.15) is 5.26 Å². The Morgan fingerprint density at radius 2 is 2.00 bits per heavy atom. The van der Waals surface area contributed by atoms with Crippen LogP contribution in [-0.2, 0) is 9.53 Å². The van der Waals surface area contributed by atoms with Crippen LogP contribution >= 0.6 is 0 Å². The number of carbonyl (C=O) groups excluding carboxylic acids is 1. The third kappa shape index (κ3) is 5.14. The van der Waals surface area contributed by atoms with Gasteiger partial charge in [-0.25, -0.2) is 4.79 Å². The Morgan fingerprint density at radius 1 is 1.30 bits per heavy atom. The Bertz CT molecular complexity index is 569. The molecule has 0 radical (unpaired) electrons. The highest BCUT2D eigenvalue weighted by Crippen LogP contribution is 2.23. The molecule has 0 heterocycles. The predicted octanol–water partition coefficient (Wildman–Crippen LogP) is 3.75. The Hall–Kier alpha value is -2.28. The van der Waals surface area contributed by atoms with E-state index >= 15 is 0 Å². The molecular formula is C19H24N2O2. The van der Waals surface area contributed by atoms with Crippen molar-refractivity contribution >= 4 is 12.0 Å². The van der Waals surface area contributed by atoms with E-state index in [2.05, 4.69) is 6.19 Å². The van der Waals surface area contributed by atoms with Gasteiger partial charge in [0.15, 0.2) is 6.19 Å². The smallest absolute Gasteiger partial charge is 0.335 e. The number of benzene rings is 1. The van der Waals surface area contributed by atoms with Crippen molar-refractivity contribution in [3.05, 3.63) is 41.5 Å². The first-order valence-electron chi connectivity index (χ1n) is 8.33. The van der Waals surface area contributed by atoms with E-state index in [1.807, 2.05) is 36.4 Å².